The van der Waals surface area contributed by atoms with Crippen LogP contribution in [-0.4, -0.2) is 15.1 Å². The van der Waals surface area contributed by atoms with Crippen molar-refractivity contribution in [3.8, 4) is 0 Å². The summed E-state index contributed by atoms with van der Waals surface area (Å²) in [7, 11) is 0. The molecule has 0 amide bonds. The Labute approximate surface area is 124 Å². The van der Waals surface area contributed by atoms with E-state index in [1.807, 2.05) is 0 Å². The van der Waals surface area contributed by atoms with Gasteiger partial charge in [-0.05, 0) is 5.56 Å². The second-order valence-electron chi connectivity index (χ2n) is 3.84. The molecule has 21 heavy (non-hydrogen) atoms. The molecule has 0 atom stereocenters. The van der Waals surface area contributed by atoms with Crippen molar-refractivity contribution >= 4 is 28.9 Å². The van der Waals surface area contributed by atoms with Gasteiger partial charge in [-0.3, -0.25) is 10.1 Å². The third-order valence-corrected chi connectivity index (χ3v) is 3.06. The molecule has 0 saturated carbocycles. The lowest BCUT2D eigenvalue weighted by Crippen LogP contribution is -2.05. The molecule has 0 unspecified atom stereocenters. The molecule has 0 bridgehead atoms. The zero-order valence-corrected chi connectivity index (χ0v) is 11.3. The summed E-state index contributed by atoms with van der Waals surface area (Å²) in [5.74, 6) is -1.79. The van der Waals surface area contributed by atoms with Crippen molar-refractivity contribution in [1.82, 2.24) is 10.1 Å². The van der Waals surface area contributed by atoms with Gasteiger partial charge in [-0.15, -0.1) is 0 Å². The average molecular weight is 342 g/mol. The molecule has 2 rings (SSSR count). The van der Waals surface area contributed by atoms with Crippen molar-refractivity contribution in [2.24, 2.45) is 0 Å². The summed E-state index contributed by atoms with van der Waals surface area (Å²) in [5, 5.41) is 13.6. The van der Waals surface area contributed by atoms with E-state index in [0.29, 0.717) is 0 Å². The molecule has 6 nitrogen and oxygen atoms in total. The zero-order chi connectivity index (χ0) is 15.8. The van der Waals surface area contributed by atoms with E-state index >= 15 is 0 Å². The predicted octanol–water partition coefficient (Wildman–Crippen LogP) is 3.89. The molecule has 1 heterocycles. The maximum atomic E-state index is 12.3. The topological polar surface area (TPSA) is 82.1 Å². The van der Waals surface area contributed by atoms with Gasteiger partial charge >= 0.3 is 12.1 Å². The Bertz CT molecular complexity index is 679. The summed E-state index contributed by atoms with van der Waals surface area (Å²) in [6.45, 7) is 0. The van der Waals surface area contributed by atoms with Gasteiger partial charge in [-0.2, -0.15) is 18.2 Å². The molecule has 0 saturated heterocycles. The molecule has 0 aliphatic carbocycles. The molecule has 1 aromatic heterocycles. The summed E-state index contributed by atoms with van der Waals surface area (Å²) in [5.41, 5.74) is -0.170. The van der Waals surface area contributed by atoms with Crippen LogP contribution in [0, 0.1) is 10.1 Å². The predicted molar refractivity (Wildman–Crippen MR) is 65.2 cm³/mol. The normalized spacial score (nSPS) is 11.7. The van der Waals surface area contributed by atoms with Crippen molar-refractivity contribution in [3.05, 3.63) is 49.6 Å². The van der Waals surface area contributed by atoms with E-state index in [-0.39, 0.29) is 33.5 Å². The van der Waals surface area contributed by atoms with Gasteiger partial charge in [0.05, 0.1) is 15.0 Å². The van der Waals surface area contributed by atoms with Crippen molar-refractivity contribution in [3.63, 3.8) is 0 Å². The Balaban J connectivity index is 2.32. The first-order chi connectivity index (χ1) is 9.68. The van der Waals surface area contributed by atoms with Gasteiger partial charge in [0.15, 0.2) is 5.82 Å². The summed E-state index contributed by atoms with van der Waals surface area (Å²) >= 11 is 11.7. The Morgan fingerprint density at radius 2 is 1.86 bits per heavy atom. The third kappa shape index (κ3) is 3.42. The van der Waals surface area contributed by atoms with Gasteiger partial charge in [-0.1, -0.05) is 28.4 Å². The standard InChI is InChI=1S/C10H4Cl2F3N3O3/c11-6-1-4(18(19)20)2-7(12)5(6)3-8-16-9(21-17-8)10(13,14)15/h1-2H,3H2. The molecular weight excluding hydrogens is 338 g/mol. The van der Waals surface area contributed by atoms with E-state index in [1.54, 1.807) is 0 Å². The monoisotopic (exact) mass is 341 g/mol. The summed E-state index contributed by atoms with van der Waals surface area (Å²) in [6, 6.07) is 2.07. The number of nitrogens with zero attached hydrogens (tertiary/aromatic N) is 3. The number of halogens is 5. The highest BCUT2D eigenvalue weighted by Crippen LogP contribution is 2.32. The third-order valence-electron chi connectivity index (χ3n) is 2.38. The highest BCUT2D eigenvalue weighted by atomic mass is 35.5. The minimum atomic E-state index is -4.76. The van der Waals surface area contributed by atoms with Crippen molar-refractivity contribution in [1.29, 1.82) is 0 Å². The fourth-order valence-electron chi connectivity index (χ4n) is 1.46. The van der Waals surface area contributed by atoms with Gasteiger partial charge < -0.3 is 4.52 Å². The minimum absolute atomic E-state index is 0.0763. The molecule has 0 N–H and O–H groups in total. The van der Waals surface area contributed by atoms with Crippen LogP contribution >= 0.6 is 23.2 Å². The van der Waals surface area contributed by atoms with Gasteiger partial charge in [0.2, 0.25) is 0 Å². The van der Waals surface area contributed by atoms with Crippen LogP contribution < -0.4 is 0 Å². The molecule has 0 fully saturated rings. The van der Waals surface area contributed by atoms with Crippen molar-refractivity contribution < 1.29 is 22.6 Å². The Hall–Kier alpha value is -1.87. The van der Waals surface area contributed by atoms with Crippen molar-refractivity contribution in [2.45, 2.75) is 12.6 Å². The molecular formula is C10H4Cl2F3N3O3. The van der Waals surface area contributed by atoms with Crippen LogP contribution in [0.25, 0.3) is 0 Å². The second-order valence-corrected chi connectivity index (χ2v) is 4.65. The molecule has 112 valence electrons. The molecule has 0 aliphatic heterocycles. The number of nitro benzene ring substituents is 1. The van der Waals surface area contributed by atoms with E-state index in [1.165, 1.54) is 0 Å². The Morgan fingerprint density at radius 1 is 1.29 bits per heavy atom. The zero-order valence-electron chi connectivity index (χ0n) is 9.82. The van der Waals surface area contributed by atoms with Gasteiger partial charge in [-0.25, -0.2) is 0 Å². The van der Waals surface area contributed by atoms with E-state index in [2.05, 4.69) is 14.7 Å². The van der Waals surface area contributed by atoms with Crippen LogP contribution in [0.2, 0.25) is 10.0 Å². The van der Waals surface area contributed by atoms with E-state index in [0.717, 1.165) is 12.1 Å². The SMILES string of the molecule is O=[N+]([O-])c1cc(Cl)c(Cc2noc(C(F)(F)F)n2)c(Cl)c1. The fourth-order valence-corrected chi connectivity index (χ4v) is 2.07. The molecule has 0 radical (unpaired) electrons. The first-order valence-corrected chi connectivity index (χ1v) is 5.96. The molecule has 0 spiro atoms. The number of alkyl halides is 3. The number of hydrogen-bond donors (Lipinski definition) is 0. The maximum Gasteiger partial charge on any atom is 0.471 e. The number of hydrogen-bond acceptors (Lipinski definition) is 5. The lowest BCUT2D eigenvalue weighted by Gasteiger charge is -2.04. The largest absolute Gasteiger partial charge is 0.471 e. The smallest absolute Gasteiger partial charge is 0.329 e. The Morgan fingerprint density at radius 3 is 2.29 bits per heavy atom. The number of benzene rings is 1. The maximum absolute atomic E-state index is 12.3. The first kappa shape index (κ1) is 15.5. The summed E-state index contributed by atoms with van der Waals surface area (Å²) in [4.78, 5) is 13.1. The van der Waals surface area contributed by atoms with E-state index < -0.39 is 17.0 Å². The molecule has 2 aromatic rings. The highest BCUT2D eigenvalue weighted by molar-refractivity contribution is 6.36. The number of non-ortho nitro benzene ring substituents is 1. The number of aromatic nitrogens is 2. The van der Waals surface area contributed by atoms with E-state index in [9.17, 15) is 23.3 Å². The van der Waals surface area contributed by atoms with Crippen LogP contribution in [-0.2, 0) is 12.6 Å². The lowest BCUT2D eigenvalue weighted by molar-refractivity contribution is -0.384. The van der Waals surface area contributed by atoms with Crippen LogP contribution in [0.3, 0.4) is 0 Å². The number of nitro groups is 1. The van der Waals surface area contributed by atoms with Gasteiger partial charge in [0, 0.05) is 18.6 Å². The quantitative estimate of drug-likeness (QED) is 0.624. The molecule has 11 heteroatoms. The van der Waals surface area contributed by atoms with Crippen LogP contribution in [0.15, 0.2) is 16.7 Å². The van der Waals surface area contributed by atoms with Crippen molar-refractivity contribution in [2.75, 3.05) is 0 Å². The number of rotatable bonds is 3. The van der Waals surface area contributed by atoms with Gasteiger partial charge in [0.1, 0.15) is 0 Å². The van der Waals surface area contributed by atoms with Crippen LogP contribution in [0.5, 0.6) is 0 Å². The van der Waals surface area contributed by atoms with Gasteiger partial charge in [0.25, 0.3) is 5.69 Å². The lowest BCUT2D eigenvalue weighted by atomic mass is 10.1. The molecule has 0 aliphatic rings. The summed E-state index contributed by atoms with van der Waals surface area (Å²) < 4.78 is 41.0. The highest BCUT2D eigenvalue weighted by Gasteiger charge is 2.38. The molecule has 1 aromatic carbocycles. The fraction of sp³-hybridized carbons (Fsp3) is 0.200. The van der Waals surface area contributed by atoms with E-state index in [4.69, 9.17) is 23.2 Å². The second kappa shape index (κ2) is 5.49. The Kier molecular flexibility index (Phi) is 4.06. The average Bonchev–Trinajstić information content (AvgIpc) is 2.81. The van der Waals surface area contributed by atoms with Crippen LogP contribution in [0.1, 0.15) is 17.3 Å². The first-order valence-electron chi connectivity index (χ1n) is 5.20. The summed E-state index contributed by atoms with van der Waals surface area (Å²) in [6.07, 6.45) is -5.01. The van der Waals surface area contributed by atoms with Crippen LogP contribution in [0.4, 0.5) is 18.9 Å². The minimum Gasteiger partial charge on any atom is -0.329 e.